The zero-order valence-corrected chi connectivity index (χ0v) is 19.9. The van der Waals surface area contributed by atoms with Crippen LogP contribution in [0.1, 0.15) is 41.5 Å². The van der Waals surface area contributed by atoms with Crippen molar-refractivity contribution in [3.63, 3.8) is 0 Å². The van der Waals surface area contributed by atoms with Crippen molar-refractivity contribution in [1.29, 1.82) is 0 Å². The maximum Gasteiger partial charge on any atom is 0.224 e. The highest BCUT2D eigenvalue weighted by Crippen LogP contribution is 2.41. The lowest BCUT2D eigenvalue weighted by Crippen LogP contribution is -2.52. The molecule has 0 saturated heterocycles. The van der Waals surface area contributed by atoms with Crippen LogP contribution < -0.4 is 15.2 Å². The lowest BCUT2D eigenvalue weighted by atomic mass is 9.78. The zero-order valence-electron chi connectivity index (χ0n) is 19.9. The number of Topliss-reactive ketones (excluding diaryl/α,β-unsaturated/α-hetero) is 1. The van der Waals surface area contributed by atoms with Crippen LogP contribution in [-0.2, 0) is 0 Å². The average molecular weight is 493 g/mol. The van der Waals surface area contributed by atoms with Gasteiger partial charge in [-0.05, 0) is 29.5 Å². The third-order valence-electron chi connectivity index (χ3n) is 6.99. The zero-order chi connectivity index (χ0) is 25.6. The minimum absolute atomic E-state index is 0.0188. The molecule has 2 aromatic carbocycles. The predicted octanol–water partition coefficient (Wildman–Crippen LogP) is 4.59. The molecule has 0 aliphatic carbocycles. The lowest BCUT2D eigenvalue weighted by Gasteiger charge is -2.44. The van der Waals surface area contributed by atoms with Crippen molar-refractivity contribution in [2.24, 2.45) is 17.8 Å². The summed E-state index contributed by atoms with van der Waals surface area (Å²) >= 11 is 0. The Bertz CT molecular complexity index is 1400. The second kappa shape index (κ2) is 9.26. The number of pyridine rings is 1. The number of carbonyl (C=O) groups excluding carboxylic acids is 1. The number of carbonyl (C=O) groups is 1. The van der Waals surface area contributed by atoms with Crippen LogP contribution in [0, 0.1) is 29.4 Å². The molecule has 0 spiro atoms. The van der Waals surface area contributed by atoms with E-state index in [9.17, 15) is 19.1 Å². The van der Waals surface area contributed by atoms with E-state index in [0.29, 0.717) is 5.56 Å². The van der Waals surface area contributed by atoms with Crippen molar-refractivity contribution in [2.45, 2.75) is 19.9 Å². The van der Waals surface area contributed by atoms with Crippen LogP contribution >= 0.6 is 0 Å². The van der Waals surface area contributed by atoms with Gasteiger partial charge in [-0.2, -0.15) is 4.39 Å². The summed E-state index contributed by atoms with van der Waals surface area (Å²) in [4.78, 5) is 26.1. The predicted molar refractivity (Wildman–Crippen MR) is 131 cm³/mol. The molecule has 0 saturated carbocycles. The number of rotatable bonds is 2. The molecule has 186 valence electrons. The van der Waals surface area contributed by atoms with E-state index >= 15 is 4.39 Å². The first-order valence-corrected chi connectivity index (χ1v) is 11.9. The number of benzene rings is 2. The monoisotopic (exact) mass is 492 g/mol. The van der Waals surface area contributed by atoms with Crippen LogP contribution in [-0.4, -0.2) is 28.7 Å². The van der Waals surface area contributed by atoms with Crippen LogP contribution in [0.25, 0.3) is 0 Å². The van der Waals surface area contributed by atoms with Gasteiger partial charge >= 0.3 is 0 Å². The fourth-order valence-corrected chi connectivity index (χ4v) is 5.26. The normalized spacial score (nSPS) is 22.3. The smallest absolute Gasteiger partial charge is 0.224 e. The van der Waals surface area contributed by atoms with Gasteiger partial charge in [-0.15, -0.1) is 0 Å². The minimum atomic E-state index is -1.10. The van der Waals surface area contributed by atoms with Crippen molar-refractivity contribution >= 4 is 5.78 Å². The van der Waals surface area contributed by atoms with Crippen LogP contribution in [0.5, 0.6) is 11.5 Å². The van der Waals surface area contributed by atoms with Gasteiger partial charge in [0, 0.05) is 30.3 Å². The first kappa shape index (κ1) is 23.8. The number of allylic oxidation sites excluding steroid dienone is 1. The van der Waals surface area contributed by atoms with E-state index in [-0.39, 0.29) is 42.2 Å². The number of hydrogen-bond acceptors (Lipinski definition) is 5. The highest BCUT2D eigenvalue weighted by molar-refractivity contribution is 6.00. The van der Waals surface area contributed by atoms with Gasteiger partial charge < -0.3 is 9.84 Å². The summed E-state index contributed by atoms with van der Waals surface area (Å²) in [5, 5.41) is 12.5. The molecule has 3 atom stereocenters. The van der Waals surface area contributed by atoms with E-state index in [4.69, 9.17) is 4.74 Å². The van der Waals surface area contributed by atoms with E-state index in [1.165, 1.54) is 23.0 Å². The maximum atomic E-state index is 15.1. The van der Waals surface area contributed by atoms with Crippen molar-refractivity contribution in [2.75, 3.05) is 18.2 Å². The number of fused-ring (bicyclic) bond motifs is 5. The molecule has 2 aliphatic heterocycles. The Hall–Kier alpha value is -3.94. The lowest BCUT2D eigenvalue weighted by molar-refractivity contribution is 0.0822. The quantitative estimate of drug-likeness (QED) is 0.530. The Balaban J connectivity index is 1.85. The number of nitrogens with zero attached hydrogens (tertiary/aromatic N) is 2. The van der Waals surface area contributed by atoms with E-state index in [0.717, 1.165) is 11.6 Å². The van der Waals surface area contributed by atoms with Gasteiger partial charge in [-0.1, -0.05) is 56.3 Å². The summed E-state index contributed by atoms with van der Waals surface area (Å²) in [6.45, 7) is 4.16. The van der Waals surface area contributed by atoms with E-state index in [1.807, 2.05) is 55.3 Å². The van der Waals surface area contributed by atoms with Crippen molar-refractivity contribution in [3.8, 4) is 11.5 Å². The number of ether oxygens (including phenoxy) is 1. The second-order valence-corrected chi connectivity index (χ2v) is 9.47. The number of halogens is 2. The number of aromatic hydroxyl groups is 1. The molecule has 1 unspecified atom stereocenters. The molecule has 2 bridgehead atoms. The van der Waals surface area contributed by atoms with Gasteiger partial charge in [0.1, 0.15) is 6.61 Å². The van der Waals surface area contributed by atoms with Gasteiger partial charge in [-0.25, -0.2) is 4.39 Å². The third-order valence-corrected chi connectivity index (χ3v) is 6.99. The molecule has 0 radical (unpaired) electrons. The third kappa shape index (κ3) is 3.86. The molecule has 0 amide bonds. The van der Waals surface area contributed by atoms with Crippen molar-refractivity contribution in [1.82, 2.24) is 4.68 Å². The first-order valence-electron chi connectivity index (χ1n) is 11.9. The van der Waals surface area contributed by atoms with E-state index < -0.39 is 34.8 Å². The first-order chi connectivity index (χ1) is 17.3. The van der Waals surface area contributed by atoms with Gasteiger partial charge in [0.05, 0.1) is 6.04 Å². The minimum Gasteiger partial charge on any atom is -0.503 e. The van der Waals surface area contributed by atoms with Crippen molar-refractivity contribution in [3.05, 3.63) is 106 Å². The number of hydrogen-bond donors (Lipinski definition) is 1. The Kier molecular flexibility index (Phi) is 6.12. The van der Waals surface area contributed by atoms with Crippen LogP contribution in [0.2, 0.25) is 0 Å². The Labute approximate surface area is 207 Å². The molecule has 3 heterocycles. The Morgan fingerprint density at radius 1 is 1.06 bits per heavy atom. The SMILES string of the molecule is CC(C)[C@@H]1/C=C/COc2c(ccc(F)c2F)[C@H](c2ccccc2)N2CC1C(=O)c1c(O)c(=O)ccn12. The van der Waals surface area contributed by atoms with Gasteiger partial charge in [0.25, 0.3) is 0 Å². The largest absolute Gasteiger partial charge is 0.503 e. The highest BCUT2D eigenvalue weighted by Gasteiger charge is 2.42. The summed E-state index contributed by atoms with van der Waals surface area (Å²) < 4.78 is 36.7. The van der Waals surface area contributed by atoms with E-state index in [1.54, 1.807) is 6.08 Å². The van der Waals surface area contributed by atoms with Gasteiger partial charge in [0.15, 0.2) is 28.8 Å². The molecule has 1 N–H and O–H groups in total. The topological polar surface area (TPSA) is 71.8 Å². The molecule has 3 aromatic rings. The van der Waals surface area contributed by atoms with Crippen LogP contribution in [0.4, 0.5) is 8.78 Å². The maximum absolute atomic E-state index is 15.1. The molecular weight excluding hydrogens is 466 g/mol. The van der Waals surface area contributed by atoms with Gasteiger partial charge in [0.2, 0.25) is 11.2 Å². The number of ketones is 1. The Morgan fingerprint density at radius 2 is 1.81 bits per heavy atom. The van der Waals surface area contributed by atoms with Crippen LogP contribution in [0.3, 0.4) is 0 Å². The molecule has 36 heavy (non-hydrogen) atoms. The summed E-state index contributed by atoms with van der Waals surface area (Å²) in [6.07, 6.45) is 4.98. The summed E-state index contributed by atoms with van der Waals surface area (Å²) in [7, 11) is 0. The molecule has 6 nitrogen and oxygen atoms in total. The van der Waals surface area contributed by atoms with Crippen molar-refractivity contribution < 1.29 is 23.4 Å². The fourth-order valence-electron chi connectivity index (χ4n) is 5.26. The molecule has 2 aliphatic rings. The second-order valence-electron chi connectivity index (χ2n) is 9.47. The summed E-state index contributed by atoms with van der Waals surface area (Å²) in [6, 6.07) is 12.2. The van der Waals surface area contributed by atoms with E-state index in [2.05, 4.69) is 0 Å². The highest BCUT2D eigenvalue weighted by atomic mass is 19.2. The van der Waals surface area contributed by atoms with Gasteiger partial charge in [-0.3, -0.25) is 19.3 Å². The molecule has 5 rings (SSSR count). The average Bonchev–Trinajstić information content (AvgIpc) is 2.89. The number of aromatic nitrogens is 1. The molecule has 1 aromatic heterocycles. The van der Waals surface area contributed by atoms with Crippen LogP contribution in [0.15, 0.2) is 71.7 Å². The Morgan fingerprint density at radius 3 is 2.53 bits per heavy atom. The summed E-state index contributed by atoms with van der Waals surface area (Å²) in [5.74, 6) is -4.17. The summed E-state index contributed by atoms with van der Waals surface area (Å²) in [5.41, 5.74) is 0.305. The standard InChI is InChI=1S/C28H26F2N2O4/c1-16(2)18-9-6-14-36-28-19(10-11-21(29)23(28)30)24(17-7-4-3-5-8-17)32-15-20(18)26(34)25-27(35)22(33)12-13-31(25)32/h3-13,16,18,20,24,35H,14-15H2,1-2H3/b9-6+/t18-,20?,24-/m0/s1. The molecule has 8 heteroatoms. The molecule has 0 fully saturated rings. The molecular formula is C28H26F2N2O4. The fraction of sp³-hybridized carbons (Fsp3) is 0.286.